The quantitative estimate of drug-likeness (QED) is 0.846. The van der Waals surface area contributed by atoms with Gasteiger partial charge >= 0.3 is 0 Å². The Morgan fingerprint density at radius 2 is 1.94 bits per heavy atom. The summed E-state index contributed by atoms with van der Waals surface area (Å²) in [6, 6.07) is 2.69. The van der Waals surface area contributed by atoms with Crippen LogP contribution in [0.4, 0.5) is 0 Å². The molecule has 1 aromatic rings. The summed E-state index contributed by atoms with van der Waals surface area (Å²) in [5, 5.41) is 3.63. The molecule has 1 fully saturated rings. The number of benzene rings is 1. The first-order valence-corrected chi connectivity index (χ1v) is 6.42. The van der Waals surface area contributed by atoms with Crippen LogP contribution in [-0.4, -0.2) is 13.7 Å². The van der Waals surface area contributed by atoms with E-state index in [9.17, 15) is 0 Å². The lowest BCUT2D eigenvalue weighted by atomic mass is 9.90. The summed E-state index contributed by atoms with van der Waals surface area (Å²) in [5.74, 6) is 1.79. The summed E-state index contributed by atoms with van der Waals surface area (Å²) < 4.78 is 5.42. The van der Waals surface area contributed by atoms with Crippen molar-refractivity contribution >= 4 is 0 Å². The van der Waals surface area contributed by atoms with Crippen molar-refractivity contribution < 1.29 is 4.74 Å². The van der Waals surface area contributed by atoms with Crippen LogP contribution in [-0.2, 0) is 0 Å². The molecule has 94 valence electrons. The summed E-state index contributed by atoms with van der Waals surface area (Å²) >= 11 is 0. The van der Waals surface area contributed by atoms with Gasteiger partial charge in [-0.1, -0.05) is 6.92 Å². The molecule has 1 saturated heterocycles. The molecular formula is C15H23NO. The van der Waals surface area contributed by atoms with Crippen molar-refractivity contribution in [2.75, 3.05) is 13.7 Å². The van der Waals surface area contributed by atoms with Crippen LogP contribution in [0.15, 0.2) is 6.07 Å². The average Bonchev–Trinajstić information content (AvgIpc) is 2.70. The number of hydrogen-bond donors (Lipinski definition) is 1. The van der Waals surface area contributed by atoms with Crippen LogP contribution in [0, 0.1) is 26.7 Å². The number of rotatable bonds is 2. The van der Waals surface area contributed by atoms with E-state index in [1.165, 1.54) is 28.7 Å². The summed E-state index contributed by atoms with van der Waals surface area (Å²) in [4.78, 5) is 0. The fourth-order valence-electron chi connectivity index (χ4n) is 2.95. The molecule has 1 N–H and O–H groups in total. The monoisotopic (exact) mass is 233 g/mol. The van der Waals surface area contributed by atoms with Gasteiger partial charge in [0.1, 0.15) is 5.75 Å². The van der Waals surface area contributed by atoms with E-state index in [2.05, 4.69) is 39.1 Å². The third-order valence-electron chi connectivity index (χ3n) is 4.03. The Bertz CT molecular complexity index is 425. The molecule has 17 heavy (non-hydrogen) atoms. The molecule has 0 aromatic heterocycles. The molecule has 0 spiro atoms. The van der Waals surface area contributed by atoms with Crippen LogP contribution in [0.5, 0.6) is 5.75 Å². The van der Waals surface area contributed by atoms with Gasteiger partial charge < -0.3 is 10.1 Å². The molecule has 2 unspecified atom stereocenters. The molecule has 1 aromatic carbocycles. The fourth-order valence-corrected chi connectivity index (χ4v) is 2.95. The van der Waals surface area contributed by atoms with Crippen molar-refractivity contribution in [1.82, 2.24) is 5.32 Å². The molecule has 2 atom stereocenters. The van der Waals surface area contributed by atoms with Crippen LogP contribution in [0.1, 0.15) is 41.6 Å². The Labute approximate surface area is 104 Å². The molecule has 1 heterocycles. The van der Waals surface area contributed by atoms with Crippen LogP contribution < -0.4 is 10.1 Å². The van der Waals surface area contributed by atoms with Gasteiger partial charge in [0.15, 0.2) is 0 Å². The van der Waals surface area contributed by atoms with Crippen molar-refractivity contribution in [3.63, 3.8) is 0 Å². The highest BCUT2D eigenvalue weighted by atomic mass is 16.5. The largest absolute Gasteiger partial charge is 0.496 e. The first kappa shape index (κ1) is 12.4. The highest BCUT2D eigenvalue weighted by molar-refractivity contribution is 5.49. The molecule has 0 bridgehead atoms. The van der Waals surface area contributed by atoms with Gasteiger partial charge in [-0.15, -0.1) is 0 Å². The number of methoxy groups -OCH3 is 1. The molecule has 0 radical (unpaired) electrons. The molecule has 0 saturated carbocycles. The van der Waals surface area contributed by atoms with Crippen molar-refractivity contribution in [2.45, 2.75) is 40.2 Å². The van der Waals surface area contributed by atoms with E-state index in [1.54, 1.807) is 7.11 Å². The Morgan fingerprint density at radius 1 is 1.24 bits per heavy atom. The summed E-state index contributed by atoms with van der Waals surface area (Å²) in [7, 11) is 1.75. The van der Waals surface area contributed by atoms with Gasteiger partial charge in [-0.2, -0.15) is 0 Å². The van der Waals surface area contributed by atoms with Crippen LogP contribution in [0.2, 0.25) is 0 Å². The normalized spacial score (nSPS) is 24.1. The van der Waals surface area contributed by atoms with Gasteiger partial charge in [0, 0.05) is 6.04 Å². The Kier molecular flexibility index (Phi) is 3.43. The minimum Gasteiger partial charge on any atom is -0.496 e. The lowest BCUT2D eigenvalue weighted by molar-refractivity contribution is 0.410. The van der Waals surface area contributed by atoms with Crippen LogP contribution in [0.25, 0.3) is 0 Å². The average molecular weight is 233 g/mol. The zero-order chi connectivity index (χ0) is 12.6. The lowest BCUT2D eigenvalue weighted by Gasteiger charge is -2.21. The Hall–Kier alpha value is -1.02. The van der Waals surface area contributed by atoms with Gasteiger partial charge in [0.05, 0.1) is 7.11 Å². The van der Waals surface area contributed by atoms with E-state index in [4.69, 9.17) is 4.74 Å². The predicted molar refractivity (Wildman–Crippen MR) is 71.7 cm³/mol. The number of ether oxygens (including phenoxy) is 1. The van der Waals surface area contributed by atoms with E-state index in [-0.39, 0.29) is 0 Å². The minimum absolute atomic E-state index is 0.523. The highest BCUT2D eigenvalue weighted by Crippen LogP contribution is 2.35. The van der Waals surface area contributed by atoms with E-state index in [1.807, 2.05) is 0 Å². The summed E-state index contributed by atoms with van der Waals surface area (Å²) in [6.07, 6.45) is 1.24. The van der Waals surface area contributed by atoms with Crippen molar-refractivity contribution in [2.24, 2.45) is 5.92 Å². The summed E-state index contributed by atoms with van der Waals surface area (Å²) in [6.45, 7) is 10.00. The second-order valence-corrected chi connectivity index (χ2v) is 5.36. The predicted octanol–water partition coefficient (Wildman–Crippen LogP) is 3.29. The number of hydrogen-bond acceptors (Lipinski definition) is 2. The third kappa shape index (κ3) is 2.19. The fraction of sp³-hybridized carbons (Fsp3) is 0.600. The molecule has 2 rings (SSSR count). The second-order valence-electron chi connectivity index (χ2n) is 5.36. The maximum atomic E-state index is 5.42. The third-order valence-corrected chi connectivity index (χ3v) is 4.03. The van der Waals surface area contributed by atoms with E-state index in [0.29, 0.717) is 6.04 Å². The number of nitrogens with one attached hydrogen (secondary N) is 1. The lowest BCUT2D eigenvalue weighted by Crippen LogP contribution is -2.16. The zero-order valence-electron chi connectivity index (χ0n) is 11.6. The highest BCUT2D eigenvalue weighted by Gasteiger charge is 2.25. The van der Waals surface area contributed by atoms with Crippen LogP contribution in [0.3, 0.4) is 0 Å². The molecule has 0 amide bonds. The van der Waals surface area contributed by atoms with E-state index >= 15 is 0 Å². The first-order valence-electron chi connectivity index (χ1n) is 6.42. The minimum atomic E-state index is 0.523. The van der Waals surface area contributed by atoms with E-state index < -0.39 is 0 Å². The Balaban J connectivity index is 2.44. The molecule has 0 aliphatic carbocycles. The molecule has 2 heteroatoms. The maximum Gasteiger partial charge on any atom is 0.122 e. The second kappa shape index (κ2) is 4.69. The van der Waals surface area contributed by atoms with Gasteiger partial charge in [-0.25, -0.2) is 0 Å². The molecular weight excluding hydrogens is 210 g/mol. The summed E-state index contributed by atoms with van der Waals surface area (Å²) in [5.41, 5.74) is 5.48. The van der Waals surface area contributed by atoms with Crippen molar-refractivity contribution in [3.05, 3.63) is 28.3 Å². The topological polar surface area (TPSA) is 21.3 Å². The Morgan fingerprint density at radius 3 is 2.47 bits per heavy atom. The van der Waals surface area contributed by atoms with Gasteiger partial charge in [-0.05, 0) is 68.0 Å². The van der Waals surface area contributed by atoms with Gasteiger partial charge in [0.25, 0.3) is 0 Å². The van der Waals surface area contributed by atoms with Crippen molar-refractivity contribution in [3.8, 4) is 5.75 Å². The van der Waals surface area contributed by atoms with E-state index in [0.717, 1.165) is 18.2 Å². The van der Waals surface area contributed by atoms with Crippen LogP contribution >= 0.6 is 0 Å². The molecule has 1 aliphatic rings. The maximum absolute atomic E-state index is 5.42. The SMILES string of the molecule is COc1cc(C)c(C2CC(C)CN2)c(C)c1C. The molecule has 1 aliphatic heterocycles. The standard InChI is InChI=1S/C15H23NO/c1-9-6-13(16-8-9)15-10(2)7-14(17-5)11(3)12(15)4/h7,9,13,16H,6,8H2,1-5H3. The smallest absolute Gasteiger partial charge is 0.122 e. The van der Waals surface area contributed by atoms with Gasteiger partial charge in [0.2, 0.25) is 0 Å². The van der Waals surface area contributed by atoms with Gasteiger partial charge in [-0.3, -0.25) is 0 Å². The van der Waals surface area contributed by atoms with Crippen molar-refractivity contribution in [1.29, 1.82) is 0 Å². The number of aryl methyl sites for hydroxylation is 1. The molecule has 2 nitrogen and oxygen atoms in total. The first-order chi connectivity index (χ1) is 8.04. The zero-order valence-corrected chi connectivity index (χ0v) is 11.6.